The van der Waals surface area contributed by atoms with Gasteiger partial charge >= 0.3 is 0 Å². The van der Waals surface area contributed by atoms with E-state index >= 15 is 0 Å². The summed E-state index contributed by atoms with van der Waals surface area (Å²) < 4.78 is 27.8. The van der Waals surface area contributed by atoms with Crippen LogP contribution in [0, 0.1) is 17.0 Å². The van der Waals surface area contributed by atoms with Crippen LogP contribution < -0.4 is 5.73 Å². The Kier molecular flexibility index (Phi) is 4.54. The number of pyridine rings is 1. The quantitative estimate of drug-likeness (QED) is 0.402. The molecule has 0 aliphatic carbocycles. The first-order valence-electron chi connectivity index (χ1n) is 7.71. The van der Waals surface area contributed by atoms with E-state index in [0.29, 0.717) is 22.3 Å². The topological polar surface area (TPSA) is 136 Å². The van der Waals surface area contributed by atoms with Gasteiger partial charge in [-0.3, -0.25) is 10.1 Å². The molecule has 0 saturated carbocycles. The van der Waals surface area contributed by atoms with Gasteiger partial charge in [0, 0.05) is 36.6 Å². The van der Waals surface area contributed by atoms with Crippen molar-refractivity contribution in [2.75, 3.05) is 12.8 Å². The zero-order chi connectivity index (χ0) is 19.8. The molecular formula is C16H16N6O4S. The Morgan fingerprint density at radius 2 is 2.07 bits per heavy atom. The molecule has 0 saturated heterocycles. The van der Waals surface area contributed by atoms with Crippen LogP contribution in [0.25, 0.3) is 5.52 Å². The lowest BCUT2D eigenvalue weighted by Gasteiger charge is -2.15. The average molecular weight is 388 g/mol. The number of benzene rings is 1. The molecular weight excluding hydrogens is 372 g/mol. The third kappa shape index (κ3) is 3.44. The number of nitrogens with two attached hydrogens (primary N) is 1. The van der Waals surface area contributed by atoms with E-state index in [4.69, 9.17) is 5.73 Å². The third-order valence-corrected chi connectivity index (χ3v) is 5.73. The molecule has 0 aliphatic rings. The van der Waals surface area contributed by atoms with E-state index in [1.807, 2.05) is 0 Å². The lowest BCUT2D eigenvalue weighted by Crippen LogP contribution is -2.22. The Bertz CT molecular complexity index is 1170. The zero-order valence-electron chi connectivity index (χ0n) is 14.5. The van der Waals surface area contributed by atoms with Crippen LogP contribution in [0.15, 0.2) is 52.7 Å². The molecule has 1 aromatic carbocycles. The number of hydrogen-bond acceptors (Lipinski definition) is 7. The first-order chi connectivity index (χ1) is 12.7. The number of nitrogen functional groups attached to an aromatic ring is 1. The number of aryl methyl sites for hydroxylation is 1. The van der Waals surface area contributed by atoms with Gasteiger partial charge in [0.2, 0.25) is 0 Å². The molecule has 140 valence electrons. The van der Waals surface area contributed by atoms with Gasteiger partial charge in [-0.25, -0.2) is 4.52 Å². The second-order valence-electron chi connectivity index (χ2n) is 5.78. The van der Waals surface area contributed by atoms with Crippen molar-refractivity contribution >= 4 is 33.1 Å². The van der Waals surface area contributed by atoms with Crippen LogP contribution in [0.4, 0.5) is 11.4 Å². The number of hydrazone groups is 1. The summed E-state index contributed by atoms with van der Waals surface area (Å²) in [6.07, 6.45) is 4.54. The van der Waals surface area contributed by atoms with E-state index in [1.54, 1.807) is 29.8 Å². The van der Waals surface area contributed by atoms with Gasteiger partial charge in [-0.1, -0.05) is 6.07 Å². The van der Waals surface area contributed by atoms with Gasteiger partial charge in [0.05, 0.1) is 27.7 Å². The molecule has 27 heavy (non-hydrogen) atoms. The molecule has 0 spiro atoms. The third-order valence-electron chi connectivity index (χ3n) is 3.94. The molecule has 0 amide bonds. The Morgan fingerprint density at radius 3 is 2.78 bits per heavy atom. The number of rotatable bonds is 5. The Morgan fingerprint density at radius 1 is 1.33 bits per heavy atom. The lowest BCUT2D eigenvalue weighted by atomic mass is 10.2. The maximum Gasteiger partial charge on any atom is 0.279 e. The molecule has 0 atom stereocenters. The van der Waals surface area contributed by atoms with E-state index in [-0.39, 0.29) is 10.6 Å². The van der Waals surface area contributed by atoms with Crippen molar-refractivity contribution < 1.29 is 13.3 Å². The lowest BCUT2D eigenvalue weighted by molar-refractivity contribution is -0.385. The van der Waals surface area contributed by atoms with Crippen molar-refractivity contribution in [2.45, 2.75) is 11.8 Å². The number of hydrogen-bond donors (Lipinski definition) is 1. The van der Waals surface area contributed by atoms with E-state index in [2.05, 4.69) is 10.2 Å². The number of nitrogens with zero attached hydrogens (tertiary/aromatic N) is 5. The maximum absolute atomic E-state index is 12.8. The number of fused-ring (bicyclic) bond motifs is 1. The summed E-state index contributed by atoms with van der Waals surface area (Å²) in [6.45, 7) is 1.56. The Balaban J connectivity index is 1.96. The summed E-state index contributed by atoms with van der Waals surface area (Å²) in [4.78, 5) is 10.1. The summed E-state index contributed by atoms with van der Waals surface area (Å²) in [5, 5.41) is 19.0. The van der Waals surface area contributed by atoms with Gasteiger partial charge in [-0.15, -0.1) is 0 Å². The van der Waals surface area contributed by atoms with Gasteiger partial charge < -0.3 is 5.73 Å². The molecule has 2 heterocycles. The van der Waals surface area contributed by atoms with E-state index in [1.165, 1.54) is 31.6 Å². The standard InChI is InChI=1S/C16H16N6O4S/c1-11-3-4-14(22(23)24)8-16(11)27(25,26)20(2)18-9-12-10-19-21-6-5-13(17)7-15(12)21/h3-10H,17H2,1-2H3/b18-9-. The zero-order valence-corrected chi connectivity index (χ0v) is 15.3. The van der Waals surface area contributed by atoms with Crippen molar-refractivity contribution in [1.29, 1.82) is 0 Å². The van der Waals surface area contributed by atoms with Crippen molar-refractivity contribution in [3.63, 3.8) is 0 Å². The highest BCUT2D eigenvalue weighted by Crippen LogP contribution is 2.24. The monoisotopic (exact) mass is 388 g/mol. The first kappa shape index (κ1) is 18.3. The second kappa shape index (κ2) is 6.68. The number of nitro groups is 1. The maximum atomic E-state index is 12.8. The number of aromatic nitrogens is 2. The number of nitro benzene ring substituents is 1. The van der Waals surface area contributed by atoms with Crippen molar-refractivity contribution in [2.24, 2.45) is 5.10 Å². The molecule has 0 bridgehead atoms. The van der Waals surface area contributed by atoms with E-state index in [0.717, 1.165) is 10.5 Å². The molecule has 3 rings (SSSR count). The second-order valence-corrected chi connectivity index (χ2v) is 7.70. The molecule has 10 nitrogen and oxygen atoms in total. The van der Waals surface area contributed by atoms with E-state index < -0.39 is 14.9 Å². The minimum absolute atomic E-state index is 0.180. The summed E-state index contributed by atoms with van der Waals surface area (Å²) in [7, 11) is -2.81. The highest BCUT2D eigenvalue weighted by Gasteiger charge is 2.24. The van der Waals surface area contributed by atoms with Crippen molar-refractivity contribution in [3.05, 3.63) is 64.0 Å². The predicted octanol–water partition coefficient (Wildman–Crippen LogP) is 1.79. The smallest absolute Gasteiger partial charge is 0.279 e. The minimum atomic E-state index is -4.06. The van der Waals surface area contributed by atoms with Gasteiger partial charge in [0.25, 0.3) is 15.7 Å². The number of non-ortho nitro benzene ring substituents is 1. The van der Waals surface area contributed by atoms with E-state index in [9.17, 15) is 18.5 Å². The van der Waals surface area contributed by atoms with Crippen molar-refractivity contribution in [1.82, 2.24) is 14.0 Å². The van der Waals surface area contributed by atoms with Crippen molar-refractivity contribution in [3.8, 4) is 0 Å². The summed E-state index contributed by atoms with van der Waals surface area (Å²) >= 11 is 0. The Labute approximate surface area is 154 Å². The van der Waals surface area contributed by atoms with Gasteiger partial charge in [-0.05, 0) is 24.6 Å². The average Bonchev–Trinajstić information content (AvgIpc) is 3.01. The highest BCUT2D eigenvalue weighted by atomic mass is 32.2. The molecule has 0 unspecified atom stereocenters. The van der Waals surface area contributed by atoms with Gasteiger partial charge in [-0.2, -0.15) is 23.0 Å². The molecule has 11 heteroatoms. The molecule has 2 N–H and O–H groups in total. The largest absolute Gasteiger partial charge is 0.399 e. The highest BCUT2D eigenvalue weighted by molar-refractivity contribution is 7.89. The molecule has 0 radical (unpaired) electrons. The summed E-state index contributed by atoms with van der Waals surface area (Å²) in [6, 6.07) is 7.03. The van der Waals surface area contributed by atoms with Crippen LogP contribution >= 0.6 is 0 Å². The van der Waals surface area contributed by atoms with Gasteiger partial charge in [0.1, 0.15) is 0 Å². The number of anilines is 1. The molecule has 0 aliphatic heterocycles. The SMILES string of the molecule is Cc1ccc([N+](=O)[O-])cc1S(=O)(=O)N(C)/N=C\c1cnn2ccc(N)cc12. The summed E-state index contributed by atoms with van der Waals surface area (Å²) in [5.41, 5.74) is 7.60. The normalized spacial score (nSPS) is 11.9. The van der Waals surface area contributed by atoms with Crippen LogP contribution in [-0.4, -0.2) is 40.6 Å². The fraction of sp³-hybridized carbons (Fsp3) is 0.125. The fourth-order valence-electron chi connectivity index (χ4n) is 2.44. The number of sulfonamides is 1. The fourth-order valence-corrected chi connectivity index (χ4v) is 3.64. The van der Waals surface area contributed by atoms with Crippen LogP contribution in [0.2, 0.25) is 0 Å². The van der Waals surface area contributed by atoms with Crippen LogP contribution in [0.3, 0.4) is 0 Å². The Hall–Kier alpha value is -3.47. The molecule has 2 aromatic heterocycles. The summed E-state index contributed by atoms with van der Waals surface area (Å²) in [5.74, 6) is 0. The molecule has 0 fully saturated rings. The van der Waals surface area contributed by atoms with Gasteiger partial charge in [0.15, 0.2) is 0 Å². The molecule has 3 aromatic rings. The van der Waals surface area contributed by atoms with Crippen LogP contribution in [0.1, 0.15) is 11.1 Å². The predicted molar refractivity (Wildman–Crippen MR) is 100.0 cm³/mol. The van der Waals surface area contributed by atoms with Crippen LogP contribution in [0.5, 0.6) is 0 Å². The minimum Gasteiger partial charge on any atom is -0.399 e. The first-order valence-corrected chi connectivity index (χ1v) is 9.15. The van der Waals surface area contributed by atoms with Crippen LogP contribution in [-0.2, 0) is 10.0 Å².